The molecule has 2 unspecified atom stereocenters. The summed E-state index contributed by atoms with van der Waals surface area (Å²) >= 11 is 0. The van der Waals surface area contributed by atoms with E-state index in [9.17, 15) is 9.59 Å². The van der Waals surface area contributed by atoms with Gasteiger partial charge in [0, 0.05) is 12.6 Å². The van der Waals surface area contributed by atoms with E-state index in [1.807, 2.05) is 0 Å². The standard InChI is InChI=1S/C14H17N3O3/c15-12-6-4-10-11(16-12)5-3-9-2-1-8(14(19)20)7-17(9)13(10)18/h4,6,8-9H,1-3,5,7H2,(H2,15,16)(H,19,20). The van der Waals surface area contributed by atoms with Crippen LogP contribution >= 0.6 is 0 Å². The number of aliphatic carboxylic acids is 1. The van der Waals surface area contributed by atoms with Crippen molar-refractivity contribution in [2.45, 2.75) is 31.7 Å². The van der Waals surface area contributed by atoms with Gasteiger partial charge in [-0.2, -0.15) is 0 Å². The van der Waals surface area contributed by atoms with Crippen LogP contribution in [0.25, 0.3) is 0 Å². The summed E-state index contributed by atoms with van der Waals surface area (Å²) in [6.45, 7) is 0.294. The third kappa shape index (κ3) is 2.11. The Bertz CT molecular complexity index is 573. The zero-order valence-electron chi connectivity index (χ0n) is 11.1. The number of carbonyl (C=O) groups excluding carboxylic acids is 1. The monoisotopic (exact) mass is 275 g/mol. The lowest BCUT2D eigenvalue weighted by Gasteiger charge is -2.37. The van der Waals surface area contributed by atoms with Crippen LogP contribution in [-0.2, 0) is 11.2 Å². The molecule has 1 aromatic rings. The average Bonchev–Trinajstić information content (AvgIpc) is 2.56. The number of piperidine rings is 1. The minimum absolute atomic E-state index is 0.110. The second kappa shape index (κ2) is 4.77. The quantitative estimate of drug-likeness (QED) is 0.794. The first-order valence-electron chi connectivity index (χ1n) is 6.85. The van der Waals surface area contributed by atoms with E-state index >= 15 is 0 Å². The van der Waals surface area contributed by atoms with Gasteiger partial charge in [0.1, 0.15) is 5.82 Å². The molecule has 1 amide bonds. The summed E-state index contributed by atoms with van der Waals surface area (Å²) in [6.07, 6.45) is 2.91. The van der Waals surface area contributed by atoms with E-state index in [0.717, 1.165) is 18.5 Å². The van der Waals surface area contributed by atoms with Crippen molar-refractivity contribution in [1.82, 2.24) is 9.88 Å². The highest BCUT2D eigenvalue weighted by Crippen LogP contribution is 2.30. The van der Waals surface area contributed by atoms with Crippen LogP contribution in [0.3, 0.4) is 0 Å². The molecule has 0 saturated carbocycles. The maximum absolute atomic E-state index is 12.6. The molecule has 106 valence electrons. The Labute approximate surface area is 116 Å². The van der Waals surface area contributed by atoms with Crippen molar-refractivity contribution in [3.8, 4) is 0 Å². The number of hydrogen-bond donors (Lipinski definition) is 2. The Hall–Kier alpha value is -2.11. The lowest BCUT2D eigenvalue weighted by molar-refractivity contribution is -0.143. The minimum atomic E-state index is -0.823. The fraction of sp³-hybridized carbons (Fsp3) is 0.500. The number of carboxylic acid groups (broad SMARTS) is 1. The smallest absolute Gasteiger partial charge is 0.308 e. The van der Waals surface area contributed by atoms with Gasteiger partial charge >= 0.3 is 5.97 Å². The van der Waals surface area contributed by atoms with E-state index in [2.05, 4.69) is 4.98 Å². The Kier molecular flexibility index (Phi) is 3.08. The second-order valence-electron chi connectivity index (χ2n) is 5.49. The van der Waals surface area contributed by atoms with Gasteiger partial charge in [0.15, 0.2) is 0 Å². The lowest BCUT2D eigenvalue weighted by Crippen LogP contribution is -2.47. The van der Waals surface area contributed by atoms with Crippen LogP contribution in [0.5, 0.6) is 0 Å². The van der Waals surface area contributed by atoms with Gasteiger partial charge in [-0.05, 0) is 37.8 Å². The number of carboxylic acids is 1. The summed E-state index contributed by atoms with van der Waals surface area (Å²) < 4.78 is 0. The van der Waals surface area contributed by atoms with Crippen LogP contribution in [-0.4, -0.2) is 39.5 Å². The van der Waals surface area contributed by atoms with Crippen LogP contribution in [0.4, 0.5) is 5.82 Å². The topological polar surface area (TPSA) is 96.5 Å². The van der Waals surface area contributed by atoms with Gasteiger partial charge in [0.2, 0.25) is 0 Å². The van der Waals surface area contributed by atoms with E-state index < -0.39 is 11.9 Å². The van der Waals surface area contributed by atoms with Gasteiger partial charge < -0.3 is 15.7 Å². The summed E-state index contributed by atoms with van der Waals surface area (Å²) in [5, 5.41) is 9.15. The number of fused-ring (bicyclic) bond motifs is 2. The maximum Gasteiger partial charge on any atom is 0.308 e. The molecule has 0 aromatic carbocycles. The third-order valence-electron chi connectivity index (χ3n) is 4.26. The van der Waals surface area contributed by atoms with Gasteiger partial charge in [-0.3, -0.25) is 9.59 Å². The molecule has 2 aliphatic rings. The number of rotatable bonds is 1. The van der Waals surface area contributed by atoms with Crippen LogP contribution in [0, 0.1) is 5.92 Å². The Morgan fingerprint density at radius 3 is 2.90 bits per heavy atom. The van der Waals surface area contributed by atoms with Crippen LogP contribution < -0.4 is 5.73 Å². The zero-order valence-corrected chi connectivity index (χ0v) is 11.1. The van der Waals surface area contributed by atoms with Crippen LogP contribution in [0.15, 0.2) is 12.1 Å². The van der Waals surface area contributed by atoms with Crippen molar-refractivity contribution in [1.29, 1.82) is 0 Å². The molecule has 2 atom stereocenters. The van der Waals surface area contributed by atoms with E-state index in [0.29, 0.717) is 30.8 Å². The number of nitrogen functional groups attached to an aromatic ring is 1. The SMILES string of the molecule is Nc1ccc2c(n1)CCC1CCC(C(=O)O)CN1C2=O. The molecule has 1 fully saturated rings. The van der Waals surface area contributed by atoms with Gasteiger partial charge in [-0.15, -0.1) is 0 Å². The van der Waals surface area contributed by atoms with E-state index in [-0.39, 0.29) is 11.9 Å². The molecular formula is C14H17N3O3. The highest BCUT2D eigenvalue weighted by molar-refractivity contribution is 5.96. The Morgan fingerprint density at radius 1 is 1.35 bits per heavy atom. The molecule has 3 rings (SSSR count). The van der Waals surface area contributed by atoms with E-state index in [1.165, 1.54) is 0 Å². The number of aromatic nitrogens is 1. The zero-order chi connectivity index (χ0) is 14.3. The lowest BCUT2D eigenvalue weighted by atomic mass is 9.91. The molecule has 0 bridgehead atoms. The number of nitrogens with two attached hydrogens (primary N) is 1. The summed E-state index contributed by atoms with van der Waals surface area (Å²) in [5.41, 5.74) is 6.97. The van der Waals surface area contributed by atoms with Crippen molar-refractivity contribution in [3.05, 3.63) is 23.4 Å². The number of carbonyl (C=O) groups is 2. The molecular weight excluding hydrogens is 258 g/mol. The minimum Gasteiger partial charge on any atom is -0.481 e. The molecule has 6 nitrogen and oxygen atoms in total. The number of pyridine rings is 1. The number of nitrogens with zero attached hydrogens (tertiary/aromatic N) is 2. The molecule has 6 heteroatoms. The van der Waals surface area contributed by atoms with Gasteiger partial charge in [-0.25, -0.2) is 4.98 Å². The number of aryl methyl sites for hydroxylation is 1. The van der Waals surface area contributed by atoms with Gasteiger partial charge in [0.25, 0.3) is 5.91 Å². The maximum atomic E-state index is 12.6. The highest BCUT2D eigenvalue weighted by Gasteiger charge is 2.37. The Morgan fingerprint density at radius 2 is 2.15 bits per heavy atom. The summed E-state index contributed by atoms with van der Waals surface area (Å²) in [5.74, 6) is -0.976. The van der Waals surface area contributed by atoms with E-state index in [1.54, 1.807) is 17.0 Å². The molecule has 20 heavy (non-hydrogen) atoms. The second-order valence-corrected chi connectivity index (χ2v) is 5.49. The molecule has 0 radical (unpaired) electrons. The molecule has 1 saturated heterocycles. The fourth-order valence-electron chi connectivity index (χ4n) is 3.14. The third-order valence-corrected chi connectivity index (χ3v) is 4.26. The molecule has 2 aliphatic heterocycles. The first kappa shape index (κ1) is 12.9. The summed E-state index contributed by atoms with van der Waals surface area (Å²) in [4.78, 5) is 29.7. The predicted molar refractivity (Wildman–Crippen MR) is 72.2 cm³/mol. The Balaban J connectivity index is 1.93. The van der Waals surface area contributed by atoms with Crippen LogP contribution in [0.2, 0.25) is 0 Å². The number of hydrogen-bond acceptors (Lipinski definition) is 4. The molecule has 3 N–H and O–H groups in total. The van der Waals surface area contributed by atoms with Crippen molar-refractivity contribution < 1.29 is 14.7 Å². The van der Waals surface area contributed by atoms with Crippen molar-refractivity contribution in [2.24, 2.45) is 5.92 Å². The predicted octanol–water partition coefficient (Wildman–Crippen LogP) is 0.915. The van der Waals surface area contributed by atoms with Crippen LogP contribution in [0.1, 0.15) is 35.3 Å². The number of amides is 1. The molecule has 3 heterocycles. The fourth-order valence-corrected chi connectivity index (χ4v) is 3.14. The molecule has 0 spiro atoms. The van der Waals surface area contributed by atoms with E-state index in [4.69, 9.17) is 10.8 Å². The van der Waals surface area contributed by atoms with Crippen molar-refractivity contribution in [2.75, 3.05) is 12.3 Å². The van der Waals surface area contributed by atoms with Crippen molar-refractivity contribution in [3.63, 3.8) is 0 Å². The first-order chi connectivity index (χ1) is 9.56. The summed E-state index contributed by atoms with van der Waals surface area (Å²) in [7, 11) is 0. The first-order valence-corrected chi connectivity index (χ1v) is 6.85. The largest absolute Gasteiger partial charge is 0.481 e. The molecule has 1 aromatic heterocycles. The highest BCUT2D eigenvalue weighted by atomic mass is 16.4. The summed E-state index contributed by atoms with van der Waals surface area (Å²) in [6, 6.07) is 3.44. The number of anilines is 1. The van der Waals surface area contributed by atoms with Gasteiger partial charge in [0.05, 0.1) is 17.2 Å². The van der Waals surface area contributed by atoms with Gasteiger partial charge in [-0.1, -0.05) is 0 Å². The van der Waals surface area contributed by atoms with Crippen molar-refractivity contribution >= 4 is 17.7 Å². The normalized spacial score (nSPS) is 25.6. The average molecular weight is 275 g/mol. The molecule has 0 aliphatic carbocycles.